The van der Waals surface area contributed by atoms with Gasteiger partial charge in [0.1, 0.15) is 11.4 Å². The Balaban J connectivity index is 2.75. The van der Waals surface area contributed by atoms with Crippen molar-refractivity contribution in [3.8, 4) is 0 Å². The molecule has 21 heavy (non-hydrogen) atoms. The predicted molar refractivity (Wildman–Crippen MR) is 91.1 cm³/mol. The van der Waals surface area contributed by atoms with Gasteiger partial charge >= 0.3 is 0 Å². The quantitative estimate of drug-likeness (QED) is 0.684. The van der Waals surface area contributed by atoms with E-state index in [1.165, 1.54) is 12.8 Å². The number of unbranched alkanes of at least 4 members (excludes halogenated alkanes) is 1. The summed E-state index contributed by atoms with van der Waals surface area (Å²) in [5.41, 5.74) is 0.0641. The monoisotopic (exact) mass is 294 g/mol. The van der Waals surface area contributed by atoms with E-state index in [0.717, 1.165) is 12.8 Å². The standard InChI is InChI=1S/C17H30N2O2/c1-7-9-10-16(3,4)11-18-12-13(15(21)14(12)20)19-17(5,6)8-2/h18-19H,7-11H2,1-6H3. The van der Waals surface area contributed by atoms with Crippen molar-refractivity contribution in [2.24, 2.45) is 5.41 Å². The van der Waals surface area contributed by atoms with Crippen LogP contribution in [0.1, 0.15) is 67.2 Å². The van der Waals surface area contributed by atoms with Crippen molar-refractivity contribution < 1.29 is 0 Å². The molecule has 0 radical (unpaired) electrons. The molecule has 0 atom stereocenters. The molecule has 0 amide bonds. The molecule has 0 heterocycles. The van der Waals surface area contributed by atoms with Crippen molar-refractivity contribution >= 4 is 11.4 Å². The maximum absolute atomic E-state index is 11.8. The van der Waals surface area contributed by atoms with Crippen LogP contribution < -0.4 is 21.5 Å². The van der Waals surface area contributed by atoms with Crippen LogP contribution in [0.2, 0.25) is 0 Å². The van der Waals surface area contributed by atoms with Crippen LogP contribution in [-0.2, 0) is 0 Å². The number of hydrogen-bond acceptors (Lipinski definition) is 4. The largest absolute Gasteiger partial charge is 0.379 e. The molecule has 1 rings (SSSR count). The minimum atomic E-state index is -0.398. The molecule has 1 aromatic rings. The van der Waals surface area contributed by atoms with Crippen LogP contribution in [0.15, 0.2) is 9.59 Å². The van der Waals surface area contributed by atoms with E-state index in [4.69, 9.17) is 0 Å². The zero-order valence-electron chi connectivity index (χ0n) is 14.4. The average Bonchev–Trinajstić information content (AvgIpc) is 2.43. The van der Waals surface area contributed by atoms with E-state index >= 15 is 0 Å². The van der Waals surface area contributed by atoms with Gasteiger partial charge in [-0.3, -0.25) is 9.59 Å². The van der Waals surface area contributed by atoms with Crippen molar-refractivity contribution in [2.75, 3.05) is 17.2 Å². The molecule has 120 valence electrons. The number of hydrogen-bond donors (Lipinski definition) is 2. The van der Waals surface area contributed by atoms with Crippen molar-refractivity contribution in [3.05, 3.63) is 20.4 Å². The van der Waals surface area contributed by atoms with E-state index in [2.05, 4.69) is 38.3 Å². The fourth-order valence-corrected chi connectivity index (χ4v) is 2.18. The van der Waals surface area contributed by atoms with E-state index in [1.54, 1.807) is 0 Å². The average molecular weight is 294 g/mol. The summed E-state index contributed by atoms with van der Waals surface area (Å²) in [7, 11) is 0. The third-order valence-corrected chi connectivity index (χ3v) is 4.21. The number of anilines is 2. The highest BCUT2D eigenvalue weighted by Crippen LogP contribution is 2.26. The van der Waals surface area contributed by atoms with Gasteiger partial charge in [0.05, 0.1) is 0 Å². The third-order valence-electron chi connectivity index (χ3n) is 4.21. The highest BCUT2D eigenvalue weighted by atomic mass is 16.2. The Morgan fingerprint density at radius 3 is 2.05 bits per heavy atom. The molecule has 1 aromatic carbocycles. The zero-order chi connectivity index (χ0) is 16.3. The zero-order valence-corrected chi connectivity index (χ0v) is 14.4. The second-order valence-electron chi connectivity index (χ2n) is 7.39. The Kier molecular flexibility index (Phi) is 5.60. The van der Waals surface area contributed by atoms with Crippen LogP contribution in [0, 0.1) is 5.41 Å². The Bertz CT molecular complexity index is 537. The third kappa shape index (κ3) is 4.58. The second-order valence-corrected chi connectivity index (χ2v) is 7.39. The summed E-state index contributed by atoms with van der Waals surface area (Å²) in [5, 5.41) is 6.39. The van der Waals surface area contributed by atoms with E-state index in [9.17, 15) is 9.59 Å². The molecular formula is C17H30N2O2. The van der Waals surface area contributed by atoms with Gasteiger partial charge in [-0.15, -0.1) is 0 Å². The highest BCUT2D eigenvalue weighted by molar-refractivity contribution is 5.74. The summed E-state index contributed by atoms with van der Waals surface area (Å²) >= 11 is 0. The smallest absolute Gasteiger partial charge is 0.253 e. The fourth-order valence-electron chi connectivity index (χ4n) is 2.18. The van der Waals surface area contributed by atoms with Gasteiger partial charge in [-0.2, -0.15) is 0 Å². The van der Waals surface area contributed by atoms with Crippen LogP contribution in [-0.4, -0.2) is 12.1 Å². The van der Waals surface area contributed by atoms with Gasteiger partial charge in [0.25, 0.3) is 10.9 Å². The molecule has 0 saturated heterocycles. The summed E-state index contributed by atoms with van der Waals surface area (Å²) in [6.07, 6.45) is 4.33. The van der Waals surface area contributed by atoms with Gasteiger partial charge in [0.2, 0.25) is 0 Å². The van der Waals surface area contributed by atoms with E-state index in [1.807, 2.05) is 13.8 Å². The summed E-state index contributed by atoms with van der Waals surface area (Å²) in [6.45, 7) is 13.4. The summed E-state index contributed by atoms with van der Waals surface area (Å²) in [6, 6.07) is 0. The molecular weight excluding hydrogens is 264 g/mol. The topological polar surface area (TPSA) is 58.2 Å². The molecule has 0 bridgehead atoms. The lowest BCUT2D eigenvalue weighted by atomic mass is 9.87. The number of rotatable bonds is 9. The first-order chi connectivity index (χ1) is 9.63. The Morgan fingerprint density at radius 1 is 0.952 bits per heavy atom. The van der Waals surface area contributed by atoms with Crippen molar-refractivity contribution in [2.45, 2.75) is 72.8 Å². The molecule has 2 N–H and O–H groups in total. The van der Waals surface area contributed by atoms with E-state index in [-0.39, 0.29) is 11.0 Å². The summed E-state index contributed by atoms with van der Waals surface area (Å²) in [5.74, 6) is 0. The van der Waals surface area contributed by atoms with Crippen molar-refractivity contribution in [3.63, 3.8) is 0 Å². The predicted octanol–water partition coefficient (Wildman–Crippen LogP) is 3.51. The fraction of sp³-hybridized carbons (Fsp3) is 0.765. The molecule has 0 aliphatic heterocycles. The maximum atomic E-state index is 11.8. The normalized spacial score (nSPS) is 12.7. The Morgan fingerprint density at radius 2 is 1.52 bits per heavy atom. The van der Waals surface area contributed by atoms with Gasteiger partial charge in [0, 0.05) is 12.1 Å². The van der Waals surface area contributed by atoms with Gasteiger partial charge in [0.15, 0.2) is 0 Å². The van der Waals surface area contributed by atoms with Gasteiger partial charge < -0.3 is 10.6 Å². The first-order valence-electron chi connectivity index (χ1n) is 7.99. The Hall–Kier alpha value is -1.32. The lowest BCUT2D eigenvalue weighted by molar-refractivity contribution is 0.346. The minimum Gasteiger partial charge on any atom is -0.379 e. The van der Waals surface area contributed by atoms with Gasteiger partial charge in [-0.25, -0.2) is 0 Å². The van der Waals surface area contributed by atoms with Gasteiger partial charge in [-0.05, 0) is 32.1 Å². The van der Waals surface area contributed by atoms with Crippen LogP contribution in [0.3, 0.4) is 0 Å². The van der Waals surface area contributed by atoms with Crippen LogP contribution >= 0.6 is 0 Å². The molecule has 4 nitrogen and oxygen atoms in total. The first kappa shape index (κ1) is 17.7. The van der Waals surface area contributed by atoms with Crippen LogP contribution in [0.25, 0.3) is 0 Å². The molecule has 0 unspecified atom stereocenters. The first-order valence-corrected chi connectivity index (χ1v) is 7.99. The summed E-state index contributed by atoms with van der Waals surface area (Å²) < 4.78 is 0. The lowest BCUT2D eigenvalue weighted by Crippen LogP contribution is -2.43. The molecule has 0 aliphatic carbocycles. The van der Waals surface area contributed by atoms with Gasteiger partial charge in [-0.1, -0.05) is 40.5 Å². The molecule has 0 aromatic heterocycles. The SMILES string of the molecule is CCCCC(C)(C)CNc1c(NC(C)(C)CC)c(=O)c1=O. The minimum absolute atomic E-state index is 0.118. The van der Waals surface area contributed by atoms with Crippen molar-refractivity contribution in [1.29, 1.82) is 0 Å². The molecule has 0 fully saturated rings. The molecule has 0 aliphatic rings. The number of nitrogens with one attached hydrogen (secondary N) is 2. The second kappa shape index (κ2) is 6.63. The highest BCUT2D eigenvalue weighted by Gasteiger charge is 2.27. The van der Waals surface area contributed by atoms with E-state index in [0.29, 0.717) is 17.9 Å². The van der Waals surface area contributed by atoms with Crippen LogP contribution in [0.5, 0.6) is 0 Å². The van der Waals surface area contributed by atoms with Crippen LogP contribution in [0.4, 0.5) is 11.4 Å². The Labute approximate surface area is 128 Å². The van der Waals surface area contributed by atoms with Crippen molar-refractivity contribution in [1.82, 2.24) is 0 Å². The molecule has 0 saturated carbocycles. The van der Waals surface area contributed by atoms with E-state index < -0.39 is 10.9 Å². The summed E-state index contributed by atoms with van der Waals surface area (Å²) in [4.78, 5) is 23.5. The molecule has 0 spiro atoms. The maximum Gasteiger partial charge on any atom is 0.253 e. The molecule has 4 heteroatoms. The lowest BCUT2D eigenvalue weighted by Gasteiger charge is -2.30.